The summed E-state index contributed by atoms with van der Waals surface area (Å²) in [5.74, 6) is 1.85. The molecule has 0 fully saturated rings. The van der Waals surface area contributed by atoms with Gasteiger partial charge in [0.25, 0.3) is 0 Å². The van der Waals surface area contributed by atoms with E-state index >= 15 is 0 Å². The zero-order valence-electron chi connectivity index (χ0n) is 27.3. The summed E-state index contributed by atoms with van der Waals surface area (Å²) in [5, 5.41) is 2.11. The Bertz CT molecular complexity index is 2670. The summed E-state index contributed by atoms with van der Waals surface area (Å²) in [4.78, 5) is 19.6. The van der Waals surface area contributed by atoms with Crippen molar-refractivity contribution in [2.24, 2.45) is 0 Å². The zero-order chi connectivity index (χ0) is 33.7. The summed E-state index contributed by atoms with van der Waals surface area (Å²) in [5.41, 5.74) is 9.96. The Morgan fingerprint density at radius 1 is 0.431 bits per heavy atom. The van der Waals surface area contributed by atoms with Crippen LogP contribution in [-0.2, 0) is 0 Å². The molecule has 0 saturated heterocycles. The van der Waals surface area contributed by atoms with Gasteiger partial charge in [0, 0.05) is 48.5 Å². The van der Waals surface area contributed by atoms with E-state index in [0.29, 0.717) is 17.5 Å². The first-order valence-corrected chi connectivity index (χ1v) is 17.7. The number of hydrogen-bond acceptors (Lipinski definition) is 6. The van der Waals surface area contributed by atoms with Crippen LogP contribution in [0.4, 0.5) is 17.1 Å². The van der Waals surface area contributed by atoms with Crippen molar-refractivity contribution in [3.8, 4) is 45.3 Å². The normalized spacial score (nSPS) is 12.2. The van der Waals surface area contributed by atoms with Gasteiger partial charge < -0.3 is 9.32 Å². The maximum atomic E-state index is 6.75. The Morgan fingerprint density at radius 3 is 1.76 bits per heavy atom. The first kappa shape index (κ1) is 29.4. The minimum Gasteiger partial charge on any atom is -0.455 e. The summed E-state index contributed by atoms with van der Waals surface area (Å²) in [6.45, 7) is 0. The van der Waals surface area contributed by atoms with E-state index in [1.165, 1.54) is 15.5 Å². The standard InChI is InChI=1S/C45H28N4OS/c1-4-13-29(14-5-1)43-46-44(30-15-6-2-7-16-30)48-45(47-43)32-23-25-35-36-20-12-19-34(42(36)50-39(35)28-32)31-24-26-41-38(27-31)49(33-17-8-3-9-18-33)37-21-10-11-22-40(37)51-41/h1-28H. The van der Waals surface area contributed by atoms with Gasteiger partial charge in [-0.1, -0.05) is 133 Å². The van der Waals surface area contributed by atoms with Gasteiger partial charge in [0.2, 0.25) is 0 Å². The van der Waals surface area contributed by atoms with Gasteiger partial charge >= 0.3 is 0 Å². The first-order chi connectivity index (χ1) is 25.3. The molecule has 6 heteroatoms. The third kappa shape index (κ3) is 5.16. The van der Waals surface area contributed by atoms with E-state index in [1.807, 2.05) is 72.4 Å². The predicted octanol–water partition coefficient (Wildman–Crippen LogP) is 12.4. The molecule has 0 aliphatic carbocycles. The molecule has 0 atom stereocenters. The molecule has 240 valence electrons. The summed E-state index contributed by atoms with van der Waals surface area (Å²) >= 11 is 1.81. The lowest BCUT2D eigenvalue weighted by Gasteiger charge is -2.33. The van der Waals surface area contributed by atoms with Gasteiger partial charge in [0.05, 0.1) is 11.4 Å². The Balaban J connectivity index is 1.10. The van der Waals surface area contributed by atoms with Crippen molar-refractivity contribution >= 4 is 50.8 Å². The van der Waals surface area contributed by atoms with Crippen molar-refractivity contribution in [3.05, 3.63) is 170 Å². The summed E-state index contributed by atoms with van der Waals surface area (Å²) < 4.78 is 6.75. The number of fused-ring (bicyclic) bond motifs is 5. The van der Waals surface area contributed by atoms with E-state index in [2.05, 4.69) is 114 Å². The Labute approximate surface area is 298 Å². The van der Waals surface area contributed by atoms with Crippen LogP contribution in [0.2, 0.25) is 0 Å². The van der Waals surface area contributed by atoms with E-state index in [9.17, 15) is 0 Å². The van der Waals surface area contributed by atoms with Crippen molar-refractivity contribution in [1.29, 1.82) is 0 Å². The Kier molecular flexibility index (Phi) is 6.99. The van der Waals surface area contributed by atoms with Gasteiger partial charge in [-0.2, -0.15) is 0 Å². The van der Waals surface area contributed by atoms with E-state index in [4.69, 9.17) is 19.4 Å². The number of anilines is 3. The third-order valence-corrected chi connectivity index (χ3v) is 10.4. The average Bonchev–Trinajstić information content (AvgIpc) is 3.59. The fraction of sp³-hybridized carbons (Fsp3) is 0. The number of benzene rings is 7. The molecular weight excluding hydrogens is 645 g/mol. The summed E-state index contributed by atoms with van der Waals surface area (Å²) in [7, 11) is 0. The molecule has 1 aliphatic heterocycles. The van der Waals surface area contributed by atoms with Gasteiger partial charge in [0.15, 0.2) is 17.5 Å². The van der Waals surface area contributed by atoms with Crippen LogP contribution in [0.3, 0.4) is 0 Å². The van der Waals surface area contributed by atoms with Crippen LogP contribution >= 0.6 is 11.8 Å². The van der Waals surface area contributed by atoms with Crippen molar-refractivity contribution < 1.29 is 4.42 Å². The Morgan fingerprint density at radius 2 is 1.04 bits per heavy atom. The maximum Gasteiger partial charge on any atom is 0.164 e. The van der Waals surface area contributed by atoms with E-state index in [0.717, 1.165) is 61.1 Å². The molecule has 0 amide bonds. The maximum absolute atomic E-state index is 6.75. The Hall–Kier alpha value is -6.50. The van der Waals surface area contributed by atoms with E-state index in [1.54, 1.807) is 0 Å². The molecule has 2 aromatic heterocycles. The first-order valence-electron chi connectivity index (χ1n) is 16.9. The molecule has 0 N–H and O–H groups in total. The fourth-order valence-corrected chi connectivity index (χ4v) is 7.92. The van der Waals surface area contributed by atoms with Gasteiger partial charge in [-0.25, -0.2) is 15.0 Å². The lowest BCUT2D eigenvalue weighted by Crippen LogP contribution is -2.14. The highest BCUT2D eigenvalue weighted by Gasteiger charge is 2.26. The number of nitrogens with zero attached hydrogens (tertiary/aromatic N) is 4. The number of para-hydroxylation sites is 3. The smallest absolute Gasteiger partial charge is 0.164 e. The molecule has 0 bridgehead atoms. The molecule has 0 saturated carbocycles. The van der Waals surface area contributed by atoms with Crippen molar-refractivity contribution in [3.63, 3.8) is 0 Å². The SMILES string of the molecule is c1ccc(-c2nc(-c3ccccc3)nc(-c3ccc4c(c3)oc3c(-c5ccc6c(c5)N(c5ccccc5)c5ccccc5S6)cccc34)n2)cc1. The largest absolute Gasteiger partial charge is 0.455 e. The number of rotatable bonds is 5. The fourth-order valence-electron chi connectivity index (χ4n) is 6.88. The van der Waals surface area contributed by atoms with Crippen LogP contribution in [0.25, 0.3) is 67.2 Å². The quantitative estimate of drug-likeness (QED) is 0.181. The highest BCUT2D eigenvalue weighted by atomic mass is 32.2. The minimum atomic E-state index is 0.596. The van der Waals surface area contributed by atoms with Gasteiger partial charge in [-0.15, -0.1) is 0 Å². The molecule has 3 heterocycles. The molecule has 5 nitrogen and oxygen atoms in total. The lowest BCUT2D eigenvalue weighted by molar-refractivity contribution is 0.670. The van der Waals surface area contributed by atoms with Crippen LogP contribution in [0.5, 0.6) is 0 Å². The van der Waals surface area contributed by atoms with Crippen LogP contribution in [0.1, 0.15) is 0 Å². The molecule has 51 heavy (non-hydrogen) atoms. The third-order valence-electron chi connectivity index (χ3n) is 9.31. The molecule has 10 rings (SSSR count). The molecule has 0 radical (unpaired) electrons. The summed E-state index contributed by atoms with van der Waals surface area (Å²) in [6.07, 6.45) is 0. The van der Waals surface area contributed by atoms with Crippen LogP contribution in [0.15, 0.2) is 184 Å². The van der Waals surface area contributed by atoms with Gasteiger partial charge in [-0.3, -0.25) is 0 Å². The number of aromatic nitrogens is 3. The molecule has 9 aromatic rings. The van der Waals surface area contributed by atoms with Crippen molar-refractivity contribution in [2.45, 2.75) is 9.79 Å². The van der Waals surface area contributed by atoms with Crippen molar-refractivity contribution in [1.82, 2.24) is 15.0 Å². The van der Waals surface area contributed by atoms with E-state index in [-0.39, 0.29) is 0 Å². The average molecular weight is 673 g/mol. The van der Waals surface area contributed by atoms with Crippen LogP contribution in [0, 0.1) is 0 Å². The molecule has 0 spiro atoms. The zero-order valence-corrected chi connectivity index (χ0v) is 28.1. The second kappa shape index (κ2) is 12.1. The highest BCUT2D eigenvalue weighted by Crippen LogP contribution is 2.52. The lowest BCUT2D eigenvalue weighted by atomic mass is 10.0. The monoisotopic (exact) mass is 672 g/mol. The van der Waals surface area contributed by atoms with Crippen molar-refractivity contribution in [2.75, 3.05) is 4.90 Å². The van der Waals surface area contributed by atoms with Crippen LogP contribution < -0.4 is 4.90 Å². The molecule has 1 aliphatic rings. The minimum absolute atomic E-state index is 0.596. The molecule has 0 unspecified atom stereocenters. The number of furan rings is 1. The second-order valence-electron chi connectivity index (χ2n) is 12.5. The predicted molar refractivity (Wildman–Crippen MR) is 208 cm³/mol. The van der Waals surface area contributed by atoms with E-state index < -0.39 is 0 Å². The van der Waals surface area contributed by atoms with Gasteiger partial charge in [0.1, 0.15) is 11.2 Å². The topological polar surface area (TPSA) is 55.1 Å². The highest BCUT2D eigenvalue weighted by molar-refractivity contribution is 7.99. The molecular formula is C45H28N4OS. The number of hydrogen-bond donors (Lipinski definition) is 0. The van der Waals surface area contributed by atoms with Crippen LogP contribution in [-0.4, -0.2) is 15.0 Å². The molecule has 7 aromatic carbocycles. The van der Waals surface area contributed by atoms with Gasteiger partial charge in [-0.05, 0) is 54.1 Å². The second-order valence-corrected chi connectivity index (χ2v) is 13.5. The summed E-state index contributed by atoms with van der Waals surface area (Å²) in [6, 6.07) is 58.6.